The van der Waals surface area contributed by atoms with Crippen LogP contribution in [-0.2, 0) is 4.79 Å². The summed E-state index contributed by atoms with van der Waals surface area (Å²) < 4.78 is 0. The Labute approximate surface area is 104 Å². The summed E-state index contributed by atoms with van der Waals surface area (Å²) in [5, 5.41) is 8.90. The number of carbonyl (C=O) groups is 2. The largest absolute Gasteiger partial charge is 0.480 e. The van der Waals surface area contributed by atoms with E-state index in [1.807, 2.05) is 0 Å². The molecule has 1 fully saturated rings. The average molecular weight is 250 g/mol. The lowest BCUT2D eigenvalue weighted by Gasteiger charge is -2.22. The van der Waals surface area contributed by atoms with Crippen molar-refractivity contribution in [1.29, 1.82) is 0 Å². The normalized spacial score (nSPS) is 14.2. The van der Waals surface area contributed by atoms with E-state index in [-0.39, 0.29) is 18.1 Å². The van der Waals surface area contributed by atoms with Crippen molar-refractivity contribution in [3.63, 3.8) is 0 Å². The van der Waals surface area contributed by atoms with E-state index >= 15 is 0 Å². The van der Waals surface area contributed by atoms with Crippen LogP contribution in [0.25, 0.3) is 0 Å². The van der Waals surface area contributed by atoms with Crippen LogP contribution in [0.2, 0.25) is 0 Å². The van der Waals surface area contributed by atoms with Crippen molar-refractivity contribution in [3.8, 4) is 0 Å². The molecule has 18 heavy (non-hydrogen) atoms. The lowest BCUT2D eigenvalue weighted by Crippen LogP contribution is -2.34. The Morgan fingerprint density at radius 2 is 2.06 bits per heavy atom. The first-order valence-electron chi connectivity index (χ1n) is 5.65. The van der Waals surface area contributed by atoms with Crippen LogP contribution in [0.4, 0.5) is 5.82 Å². The number of primary amides is 1. The molecule has 0 atom stereocenters. The molecule has 0 bridgehead atoms. The van der Waals surface area contributed by atoms with E-state index in [4.69, 9.17) is 10.8 Å². The van der Waals surface area contributed by atoms with E-state index in [0.717, 1.165) is 12.8 Å². The van der Waals surface area contributed by atoms with Crippen LogP contribution < -0.4 is 10.6 Å². The standard InChI is InChI=1S/C11H14N4O3/c12-10(18)9-11(14-4-3-13-9)15(6-8(16)17)5-7-1-2-7/h3-4,7H,1-2,5-6H2,(H2,12,18)(H,16,17). The van der Waals surface area contributed by atoms with E-state index in [0.29, 0.717) is 12.5 Å². The molecule has 0 aliphatic heterocycles. The van der Waals surface area contributed by atoms with Gasteiger partial charge in [-0.1, -0.05) is 0 Å². The maximum Gasteiger partial charge on any atom is 0.323 e. The van der Waals surface area contributed by atoms with E-state index in [1.54, 1.807) is 4.90 Å². The molecule has 7 heteroatoms. The van der Waals surface area contributed by atoms with Crippen molar-refractivity contribution in [2.75, 3.05) is 18.0 Å². The summed E-state index contributed by atoms with van der Waals surface area (Å²) in [7, 11) is 0. The molecule has 0 radical (unpaired) electrons. The zero-order chi connectivity index (χ0) is 13.1. The molecule has 0 unspecified atom stereocenters. The highest BCUT2D eigenvalue weighted by molar-refractivity contribution is 5.96. The number of carbonyl (C=O) groups excluding carboxylic acids is 1. The molecule has 7 nitrogen and oxygen atoms in total. The van der Waals surface area contributed by atoms with Gasteiger partial charge in [0.2, 0.25) is 0 Å². The maximum atomic E-state index is 11.3. The number of aliphatic carboxylic acids is 1. The predicted molar refractivity (Wildman–Crippen MR) is 63.1 cm³/mol. The second-order valence-electron chi connectivity index (χ2n) is 4.31. The van der Waals surface area contributed by atoms with Crippen molar-refractivity contribution in [1.82, 2.24) is 9.97 Å². The van der Waals surface area contributed by atoms with Crippen molar-refractivity contribution >= 4 is 17.7 Å². The number of aromatic nitrogens is 2. The van der Waals surface area contributed by atoms with E-state index < -0.39 is 11.9 Å². The third-order valence-corrected chi connectivity index (χ3v) is 2.71. The van der Waals surface area contributed by atoms with Crippen LogP contribution in [0.1, 0.15) is 23.3 Å². The fourth-order valence-corrected chi connectivity index (χ4v) is 1.74. The zero-order valence-corrected chi connectivity index (χ0v) is 9.74. The number of amides is 1. The van der Waals surface area contributed by atoms with Crippen molar-refractivity contribution in [2.24, 2.45) is 11.7 Å². The summed E-state index contributed by atoms with van der Waals surface area (Å²) in [6.07, 6.45) is 4.92. The first-order valence-corrected chi connectivity index (χ1v) is 5.65. The first kappa shape index (κ1) is 12.3. The Morgan fingerprint density at radius 3 is 2.61 bits per heavy atom. The van der Waals surface area contributed by atoms with Gasteiger partial charge >= 0.3 is 5.97 Å². The van der Waals surface area contributed by atoms with Gasteiger partial charge in [0.25, 0.3) is 5.91 Å². The zero-order valence-electron chi connectivity index (χ0n) is 9.74. The van der Waals surface area contributed by atoms with Gasteiger partial charge in [0.05, 0.1) is 0 Å². The Morgan fingerprint density at radius 1 is 1.39 bits per heavy atom. The van der Waals surface area contributed by atoms with Crippen LogP contribution in [0.15, 0.2) is 12.4 Å². The third kappa shape index (κ3) is 2.93. The molecule has 1 aromatic heterocycles. The number of nitrogens with zero attached hydrogens (tertiary/aromatic N) is 3. The molecular formula is C11H14N4O3. The highest BCUT2D eigenvalue weighted by atomic mass is 16.4. The van der Waals surface area contributed by atoms with Gasteiger partial charge in [-0.3, -0.25) is 9.59 Å². The van der Waals surface area contributed by atoms with Gasteiger partial charge in [0, 0.05) is 18.9 Å². The Hall–Kier alpha value is -2.18. The first-order chi connectivity index (χ1) is 8.58. The van der Waals surface area contributed by atoms with Gasteiger partial charge in [-0.25, -0.2) is 9.97 Å². The lowest BCUT2D eigenvalue weighted by molar-refractivity contribution is -0.135. The number of hydrogen-bond acceptors (Lipinski definition) is 5. The number of nitrogens with two attached hydrogens (primary N) is 1. The highest BCUT2D eigenvalue weighted by Gasteiger charge is 2.28. The predicted octanol–water partition coefficient (Wildman–Crippen LogP) is -0.124. The molecule has 1 aromatic rings. The molecular weight excluding hydrogens is 236 g/mol. The smallest absolute Gasteiger partial charge is 0.323 e. The molecule has 1 amide bonds. The van der Waals surface area contributed by atoms with Gasteiger partial charge in [0.1, 0.15) is 6.54 Å². The minimum absolute atomic E-state index is 0.0133. The number of carboxylic acids is 1. The quantitative estimate of drug-likeness (QED) is 0.728. The van der Waals surface area contributed by atoms with Gasteiger partial charge in [-0.15, -0.1) is 0 Å². The third-order valence-electron chi connectivity index (χ3n) is 2.71. The topological polar surface area (TPSA) is 109 Å². The monoisotopic (exact) mass is 250 g/mol. The van der Waals surface area contributed by atoms with E-state index in [9.17, 15) is 9.59 Å². The molecule has 1 aliphatic rings. The summed E-state index contributed by atoms with van der Waals surface area (Å²) in [6, 6.07) is 0. The minimum Gasteiger partial charge on any atom is -0.480 e. The fraction of sp³-hybridized carbons (Fsp3) is 0.455. The fourth-order valence-electron chi connectivity index (χ4n) is 1.74. The number of carboxylic acid groups (broad SMARTS) is 1. The molecule has 0 aromatic carbocycles. The average Bonchev–Trinajstić information content (AvgIpc) is 3.11. The van der Waals surface area contributed by atoms with Crippen molar-refractivity contribution < 1.29 is 14.7 Å². The minimum atomic E-state index is -0.975. The van der Waals surface area contributed by atoms with Gasteiger partial charge in [0.15, 0.2) is 11.5 Å². The Kier molecular flexibility index (Phi) is 3.40. The second kappa shape index (κ2) is 4.99. The van der Waals surface area contributed by atoms with Crippen LogP contribution >= 0.6 is 0 Å². The summed E-state index contributed by atoms with van der Waals surface area (Å²) in [6.45, 7) is 0.348. The molecule has 2 rings (SSSR count). The Bertz CT molecular complexity index is 473. The number of hydrogen-bond donors (Lipinski definition) is 2. The van der Waals surface area contributed by atoms with E-state index in [2.05, 4.69) is 9.97 Å². The van der Waals surface area contributed by atoms with Crippen LogP contribution in [-0.4, -0.2) is 40.0 Å². The molecule has 0 saturated heterocycles. The molecule has 96 valence electrons. The second-order valence-corrected chi connectivity index (χ2v) is 4.31. The molecule has 3 N–H and O–H groups in total. The molecule has 1 saturated carbocycles. The SMILES string of the molecule is NC(=O)c1nccnc1N(CC(=O)O)CC1CC1. The number of rotatable bonds is 6. The van der Waals surface area contributed by atoms with Gasteiger partial charge < -0.3 is 15.7 Å². The van der Waals surface area contributed by atoms with Gasteiger partial charge in [-0.05, 0) is 18.8 Å². The van der Waals surface area contributed by atoms with Crippen LogP contribution in [0, 0.1) is 5.92 Å². The Balaban J connectivity index is 2.27. The van der Waals surface area contributed by atoms with Gasteiger partial charge in [-0.2, -0.15) is 0 Å². The summed E-state index contributed by atoms with van der Waals surface area (Å²) >= 11 is 0. The summed E-state index contributed by atoms with van der Waals surface area (Å²) in [5.41, 5.74) is 5.23. The molecule has 1 heterocycles. The maximum absolute atomic E-state index is 11.3. The summed E-state index contributed by atoms with van der Waals surface area (Å²) in [4.78, 5) is 31.6. The van der Waals surface area contributed by atoms with Crippen molar-refractivity contribution in [2.45, 2.75) is 12.8 Å². The summed E-state index contributed by atoms with van der Waals surface area (Å²) in [5.74, 6) is -0.965. The lowest BCUT2D eigenvalue weighted by atomic mass is 10.3. The highest BCUT2D eigenvalue weighted by Crippen LogP contribution is 2.31. The van der Waals surface area contributed by atoms with Crippen molar-refractivity contribution in [3.05, 3.63) is 18.1 Å². The van der Waals surface area contributed by atoms with Crippen LogP contribution in [0.3, 0.4) is 0 Å². The van der Waals surface area contributed by atoms with Crippen LogP contribution in [0.5, 0.6) is 0 Å². The number of anilines is 1. The molecule has 1 aliphatic carbocycles. The van der Waals surface area contributed by atoms with E-state index in [1.165, 1.54) is 12.4 Å². The molecule has 0 spiro atoms.